The van der Waals surface area contributed by atoms with Gasteiger partial charge in [-0.2, -0.15) is 11.3 Å². The Morgan fingerprint density at radius 2 is 1.88 bits per heavy atom. The maximum absolute atomic E-state index is 5.07. The molecule has 0 fully saturated rings. The average Bonchev–Trinajstić information content (AvgIpc) is 2.82. The van der Waals surface area contributed by atoms with Gasteiger partial charge >= 0.3 is 0 Å². The molecule has 2 rings (SSSR count). The molecule has 84 valence electrons. The average molecular weight is 233 g/mol. The number of anilines is 1. The Labute approximate surface area is 99.9 Å². The minimum atomic E-state index is 0.679. The van der Waals surface area contributed by atoms with Crippen LogP contribution in [0.3, 0.4) is 0 Å². The van der Waals surface area contributed by atoms with Crippen LogP contribution in [0, 0.1) is 0 Å². The van der Waals surface area contributed by atoms with Crippen molar-refractivity contribution in [1.29, 1.82) is 0 Å². The first kappa shape index (κ1) is 11.2. The number of benzene rings is 1. The lowest BCUT2D eigenvalue weighted by molar-refractivity contribution is 0.185. The number of nitrogens with one attached hydrogen (secondary N) is 1. The summed E-state index contributed by atoms with van der Waals surface area (Å²) in [5.41, 5.74) is 3.68. The molecule has 0 radical (unpaired) electrons. The normalized spacial score (nSPS) is 10.3. The van der Waals surface area contributed by atoms with Crippen LogP contribution in [0.5, 0.6) is 0 Å². The summed E-state index contributed by atoms with van der Waals surface area (Å²) >= 11 is 1.70. The highest BCUT2D eigenvalue weighted by molar-refractivity contribution is 7.08. The Morgan fingerprint density at radius 3 is 2.50 bits per heavy atom. The van der Waals surface area contributed by atoms with Crippen LogP contribution >= 0.6 is 11.3 Å². The summed E-state index contributed by atoms with van der Waals surface area (Å²) in [4.78, 5) is 0. The van der Waals surface area contributed by atoms with Crippen molar-refractivity contribution in [3.8, 4) is 0 Å². The first-order chi connectivity index (χ1) is 7.88. The molecule has 0 unspecified atom stereocenters. The van der Waals surface area contributed by atoms with E-state index in [0.717, 1.165) is 6.54 Å². The van der Waals surface area contributed by atoms with Crippen LogP contribution in [0.2, 0.25) is 0 Å². The van der Waals surface area contributed by atoms with Crippen LogP contribution in [0.15, 0.2) is 41.1 Å². The molecule has 0 aliphatic carbocycles. The Hall–Kier alpha value is -1.32. The maximum Gasteiger partial charge on any atom is 0.0713 e. The van der Waals surface area contributed by atoms with Crippen LogP contribution < -0.4 is 5.32 Å². The summed E-state index contributed by atoms with van der Waals surface area (Å²) in [6, 6.07) is 10.6. The van der Waals surface area contributed by atoms with Crippen LogP contribution in [0.1, 0.15) is 11.1 Å². The van der Waals surface area contributed by atoms with E-state index in [-0.39, 0.29) is 0 Å². The number of methoxy groups -OCH3 is 1. The van der Waals surface area contributed by atoms with Gasteiger partial charge in [0.2, 0.25) is 0 Å². The van der Waals surface area contributed by atoms with Crippen molar-refractivity contribution < 1.29 is 4.74 Å². The summed E-state index contributed by atoms with van der Waals surface area (Å²) in [5.74, 6) is 0. The first-order valence-corrected chi connectivity index (χ1v) is 6.15. The fourth-order valence-electron chi connectivity index (χ4n) is 1.49. The molecule has 0 aliphatic heterocycles. The van der Waals surface area contributed by atoms with Gasteiger partial charge in [0.25, 0.3) is 0 Å². The predicted molar refractivity (Wildman–Crippen MR) is 68.8 cm³/mol. The van der Waals surface area contributed by atoms with E-state index in [1.54, 1.807) is 18.4 Å². The predicted octanol–water partition coefficient (Wildman–Crippen LogP) is 3.51. The lowest BCUT2D eigenvalue weighted by Crippen LogP contribution is -1.98. The molecule has 1 heterocycles. The second-order valence-electron chi connectivity index (χ2n) is 3.62. The van der Waals surface area contributed by atoms with Gasteiger partial charge in [0.1, 0.15) is 0 Å². The number of hydrogen-bond acceptors (Lipinski definition) is 3. The van der Waals surface area contributed by atoms with E-state index < -0.39 is 0 Å². The van der Waals surface area contributed by atoms with Gasteiger partial charge in [0.15, 0.2) is 0 Å². The van der Waals surface area contributed by atoms with Crippen molar-refractivity contribution in [3.63, 3.8) is 0 Å². The zero-order valence-electron chi connectivity index (χ0n) is 9.27. The van der Waals surface area contributed by atoms with Crippen molar-refractivity contribution in [2.75, 3.05) is 12.4 Å². The Morgan fingerprint density at radius 1 is 1.12 bits per heavy atom. The van der Waals surface area contributed by atoms with Gasteiger partial charge in [-0.3, -0.25) is 0 Å². The standard InChI is InChI=1S/C13H15NOS/c1-15-9-12-4-2-11(3-5-12)8-14-13-6-7-16-10-13/h2-7,10,14H,8-9H2,1H3. The van der Waals surface area contributed by atoms with Crippen LogP contribution in [-0.4, -0.2) is 7.11 Å². The molecule has 2 nitrogen and oxygen atoms in total. The number of thiophene rings is 1. The zero-order chi connectivity index (χ0) is 11.2. The monoisotopic (exact) mass is 233 g/mol. The van der Waals surface area contributed by atoms with Crippen molar-refractivity contribution in [3.05, 3.63) is 52.2 Å². The number of ether oxygens (including phenoxy) is 1. The SMILES string of the molecule is COCc1ccc(CNc2ccsc2)cc1. The van der Waals surface area contributed by atoms with Gasteiger partial charge in [-0.05, 0) is 22.6 Å². The van der Waals surface area contributed by atoms with Gasteiger partial charge in [-0.25, -0.2) is 0 Å². The lowest BCUT2D eigenvalue weighted by atomic mass is 10.1. The third-order valence-corrected chi connectivity index (χ3v) is 3.04. The minimum absolute atomic E-state index is 0.679. The minimum Gasteiger partial charge on any atom is -0.380 e. The molecule has 3 heteroatoms. The van der Waals surface area contributed by atoms with Crippen molar-refractivity contribution in [2.45, 2.75) is 13.2 Å². The summed E-state index contributed by atoms with van der Waals surface area (Å²) in [5, 5.41) is 7.56. The smallest absolute Gasteiger partial charge is 0.0713 e. The van der Waals surface area contributed by atoms with E-state index in [9.17, 15) is 0 Å². The quantitative estimate of drug-likeness (QED) is 0.853. The molecule has 1 aromatic carbocycles. The van der Waals surface area contributed by atoms with E-state index in [2.05, 4.69) is 46.4 Å². The zero-order valence-corrected chi connectivity index (χ0v) is 10.1. The molecule has 0 saturated carbocycles. The largest absolute Gasteiger partial charge is 0.380 e. The van der Waals surface area contributed by atoms with E-state index in [1.165, 1.54) is 16.8 Å². The number of rotatable bonds is 5. The molecule has 0 bridgehead atoms. The van der Waals surface area contributed by atoms with Gasteiger partial charge in [0.05, 0.1) is 6.61 Å². The van der Waals surface area contributed by atoms with Gasteiger partial charge < -0.3 is 10.1 Å². The molecular formula is C13H15NOS. The maximum atomic E-state index is 5.07. The third kappa shape index (κ3) is 3.08. The fourth-order valence-corrected chi connectivity index (χ4v) is 2.10. The highest BCUT2D eigenvalue weighted by Gasteiger charge is 1.95. The van der Waals surface area contributed by atoms with Crippen LogP contribution in [0.25, 0.3) is 0 Å². The molecule has 0 amide bonds. The molecule has 2 aromatic rings. The van der Waals surface area contributed by atoms with E-state index >= 15 is 0 Å². The summed E-state index contributed by atoms with van der Waals surface area (Å²) in [6.45, 7) is 1.54. The van der Waals surface area contributed by atoms with Crippen LogP contribution in [-0.2, 0) is 17.9 Å². The Bertz CT molecular complexity index is 408. The second-order valence-corrected chi connectivity index (χ2v) is 4.40. The van der Waals surface area contributed by atoms with Crippen LogP contribution in [0.4, 0.5) is 5.69 Å². The van der Waals surface area contributed by atoms with E-state index in [4.69, 9.17) is 4.74 Å². The third-order valence-electron chi connectivity index (χ3n) is 2.35. The van der Waals surface area contributed by atoms with E-state index in [0.29, 0.717) is 6.61 Å². The van der Waals surface area contributed by atoms with E-state index in [1.807, 2.05) is 0 Å². The van der Waals surface area contributed by atoms with Gasteiger partial charge in [0, 0.05) is 24.7 Å². The van der Waals surface area contributed by atoms with Crippen molar-refractivity contribution >= 4 is 17.0 Å². The highest BCUT2D eigenvalue weighted by atomic mass is 32.1. The van der Waals surface area contributed by atoms with Crippen molar-refractivity contribution in [1.82, 2.24) is 0 Å². The molecule has 0 spiro atoms. The molecular weight excluding hydrogens is 218 g/mol. The second kappa shape index (κ2) is 5.68. The Kier molecular flexibility index (Phi) is 3.97. The lowest BCUT2D eigenvalue weighted by Gasteiger charge is -2.05. The topological polar surface area (TPSA) is 21.3 Å². The first-order valence-electron chi connectivity index (χ1n) is 5.21. The molecule has 1 N–H and O–H groups in total. The fraction of sp³-hybridized carbons (Fsp3) is 0.231. The van der Waals surface area contributed by atoms with Crippen molar-refractivity contribution in [2.24, 2.45) is 0 Å². The summed E-state index contributed by atoms with van der Waals surface area (Å²) in [6.07, 6.45) is 0. The summed E-state index contributed by atoms with van der Waals surface area (Å²) < 4.78 is 5.07. The summed E-state index contributed by atoms with van der Waals surface area (Å²) in [7, 11) is 1.71. The number of hydrogen-bond donors (Lipinski definition) is 1. The molecule has 0 atom stereocenters. The van der Waals surface area contributed by atoms with Gasteiger partial charge in [-0.15, -0.1) is 0 Å². The molecule has 0 aliphatic rings. The van der Waals surface area contributed by atoms with Gasteiger partial charge in [-0.1, -0.05) is 24.3 Å². The molecule has 1 aromatic heterocycles. The molecule has 16 heavy (non-hydrogen) atoms. The Balaban J connectivity index is 1.90. The highest BCUT2D eigenvalue weighted by Crippen LogP contribution is 2.13. The molecule has 0 saturated heterocycles.